The fraction of sp³-hybridized carbons (Fsp3) is 0.846. The minimum absolute atomic E-state index is 0.0660. The second kappa shape index (κ2) is 6.18. The van der Waals surface area contributed by atoms with Crippen molar-refractivity contribution in [2.24, 2.45) is 0 Å². The Hall–Kier alpha value is -1.10. The van der Waals surface area contributed by atoms with Crippen molar-refractivity contribution in [3.63, 3.8) is 0 Å². The molecule has 0 saturated carbocycles. The number of likely N-dealkylation sites (N-methyl/N-ethyl adjacent to an activating group) is 1. The molecule has 0 bridgehead atoms. The second-order valence-corrected chi connectivity index (χ2v) is 6.35. The molecular formula is C13H25NO4. The van der Waals surface area contributed by atoms with Gasteiger partial charge in [-0.15, -0.1) is 0 Å². The molecule has 0 aliphatic heterocycles. The summed E-state index contributed by atoms with van der Waals surface area (Å²) < 4.78 is 10.3. The van der Waals surface area contributed by atoms with Gasteiger partial charge in [-0.3, -0.25) is 14.5 Å². The summed E-state index contributed by atoms with van der Waals surface area (Å²) in [5.41, 5.74) is -1.02. The smallest absolute Gasteiger partial charge is 0.320 e. The van der Waals surface area contributed by atoms with Crippen LogP contribution in [-0.2, 0) is 19.1 Å². The second-order valence-electron chi connectivity index (χ2n) is 6.35. The van der Waals surface area contributed by atoms with Crippen LogP contribution < -0.4 is 0 Å². The first-order chi connectivity index (χ1) is 7.89. The number of rotatable bonds is 4. The molecule has 18 heavy (non-hydrogen) atoms. The summed E-state index contributed by atoms with van der Waals surface area (Å²) in [6.45, 7) is 11.0. The molecule has 0 aromatic carbocycles. The minimum atomic E-state index is -0.510. The lowest BCUT2D eigenvalue weighted by molar-refractivity contribution is -0.159. The highest BCUT2D eigenvalue weighted by atomic mass is 16.6. The number of carbonyl (C=O) groups excluding carboxylic acids is 2. The lowest BCUT2D eigenvalue weighted by atomic mass is 10.2. The van der Waals surface area contributed by atoms with E-state index in [1.165, 1.54) is 0 Å². The van der Waals surface area contributed by atoms with Crippen LogP contribution >= 0.6 is 0 Å². The largest absolute Gasteiger partial charge is 0.459 e. The molecule has 0 aromatic rings. The van der Waals surface area contributed by atoms with E-state index in [0.29, 0.717) is 0 Å². The van der Waals surface area contributed by atoms with Gasteiger partial charge in [-0.1, -0.05) is 0 Å². The van der Waals surface area contributed by atoms with Crippen LogP contribution in [0.25, 0.3) is 0 Å². The topological polar surface area (TPSA) is 55.8 Å². The maximum Gasteiger partial charge on any atom is 0.320 e. The number of nitrogens with zero attached hydrogens (tertiary/aromatic N) is 1. The standard InChI is InChI=1S/C13H25NO4/c1-12(2,3)17-10(15)8-14(7)9-11(16)18-13(4,5)6/h8-9H2,1-7H3. The van der Waals surface area contributed by atoms with Crippen LogP contribution in [0.4, 0.5) is 0 Å². The maximum absolute atomic E-state index is 11.5. The molecule has 0 fully saturated rings. The molecule has 0 saturated heterocycles. The van der Waals surface area contributed by atoms with E-state index in [4.69, 9.17) is 9.47 Å². The van der Waals surface area contributed by atoms with Gasteiger partial charge in [0.05, 0.1) is 13.1 Å². The van der Waals surface area contributed by atoms with Crippen molar-refractivity contribution in [1.82, 2.24) is 4.90 Å². The molecule has 0 unspecified atom stereocenters. The van der Waals surface area contributed by atoms with E-state index in [9.17, 15) is 9.59 Å². The van der Waals surface area contributed by atoms with Gasteiger partial charge in [-0.25, -0.2) is 0 Å². The fourth-order valence-electron chi connectivity index (χ4n) is 1.24. The van der Waals surface area contributed by atoms with Gasteiger partial charge < -0.3 is 9.47 Å². The van der Waals surface area contributed by atoms with Gasteiger partial charge in [0.2, 0.25) is 0 Å². The van der Waals surface area contributed by atoms with Gasteiger partial charge in [0.25, 0.3) is 0 Å². The maximum atomic E-state index is 11.5. The van der Waals surface area contributed by atoms with E-state index in [-0.39, 0.29) is 25.0 Å². The van der Waals surface area contributed by atoms with E-state index >= 15 is 0 Å². The van der Waals surface area contributed by atoms with Crippen molar-refractivity contribution in [2.45, 2.75) is 52.7 Å². The van der Waals surface area contributed by atoms with Crippen LogP contribution in [0.15, 0.2) is 0 Å². The van der Waals surface area contributed by atoms with E-state index in [1.54, 1.807) is 53.5 Å². The van der Waals surface area contributed by atoms with E-state index in [0.717, 1.165) is 0 Å². The third-order valence-electron chi connectivity index (χ3n) is 1.64. The Morgan fingerprint density at radius 3 is 1.33 bits per heavy atom. The fourth-order valence-corrected chi connectivity index (χ4v) is 1.24. The van der Waals surface area contributed by atoms with Crippen molar-refractivity contribution >= 4 is 11.9 Å². The molecule has 0 atom stereocenters. The molecular weight excluding hydrogens is 234 g/mol. The molecule has 0 aromatic heterocycles. The molecule has 0 radical (unpaired) electrons. The van der Waals surface area contributed by atoms with Crippen LogP contribution in [0.1, 0.15) is 41.5 Å². The van der Waals surface area contributed by atoms with Crippen molar-refractivity contribution in [3.8, 4) is 0 Å². The summed E-state index contributed by atoms with van der Waals surface area (Å²) in [5.74, 6) is -0.706. The summed E-state index contributed by atoms with van der Waals surface area (Å²) >= 11 is 0. The Labute approximate surface area is 109 Å². The molecule has 0 N–H and O–H groups in total. The van der Waals surface area contributed by atoms with Crippen molar-refractivity contribution < 1.29 is 19.1 Å². The molecule has 5 heteroatoms. The molecule has 0 rings (SSSR count). The molecule has 5 nitrogen and oxygen atoms in total. The van der Waals surface area contributed by atoms with Gasteiger partial charge in [-0.05, 0) is 48.6 Å². The zero-order valence-electron chi connectivity index (χ0n) is 12.5. The Bertz CT molecular complexity index is 269. The lowest BCUT2D eigenvalue weighted by Crippen LogP contribution is -2.37. The molecule has 0 aliphatic rings. The predicted octanol–water partition coefficient (Wildman–Crippen LogP) is 1.60. The summed E-state index contributed by atoms with van der Waals surface area (Å²) in [7, 11) is 1.67. The van der Waals surface area contributed by atoms with Gasteiger partial charge in [-0.2, -0.15) is 0 Å². The number of ether oxygens (including phenoxy) is 2. The SMILES string of the molecule is CN(CC(=O)OC(C)(C)C)CC(=O)OC(C)(C)C. The molecule has 0 spiro atoms. The minimum Gasteiger partial charge on any atom is -0.459 e. The van der Waals surface area contributed by atoms with Crippen LogP contribution in [-0.4, -0.2) is 48.2 Å². The lowest BCUT2D eigenvalue weighted by Gasteiger charge is -2.24. The number of carbonyl (C=O) groups is 2. The molecule has 0 amide bonds. The number of hydrogen-bond acceptors (Lipinski definition) is 5. The zero-order valence-corrected chi connectivity index (χ0v) is 12.5. The molecule has 0 heterocycles. The number of hydrogen-bond donors (Lipinski definition) is 0. The average Bonchev–Trinajstić information content (AvgIpc) is 1.92. The highest BCUT2D eigenvalue weighted by molar-refractivity contribution is 5.75. The monoisotopic (exact) mass is 259 g/mol. The first-order valence-electron chi connectivity index (χ1n) is 6.01. The molecule has 0 aliphatic carbocycles. The van der Waals surface area contributed by atoms with Gasteiger partial charge >= 0.3 is 11.9 Å². The zero-order chi connectivity index (χ0) is 14.6. The van der Waals surface area contributed by atoms with Crippen molar-refractivity contribution in [1.29, 1.82) is 0 Å². The Morgan fingerprint density at radius 1 is 0.833 bits per heavy atom. The van der Waals surface area contributed by atoms with Gasteiger partial charge in [0, 0.05) is 0 Å². The van der Waals surface area contributed by atoms with Gasteiger partial charge in [0.15, 0.2) is 0 Å². The van der Waals surface area contributed by atoms with Crippen LogP contribution in [0.2, 0.25) is 0 Å². The summed E-state index contributed by atoms with van der Waals surface area (Å²) in [6.07, 6.45) is 0. The molecule has 106 valence electrons. The third kappa shape index (κ3) is 10.1. The van der Waals surface area contributed by atoms with Crippen LogP contribution in [0.5, 0.6) is 0 Å². The highest BCUT2D eigenvalue weighted by Crippen LogP contribution is 2.08. The normalized spacial score (nSPS) is 12.4. The van der Waals surface area contributed by atoms with E-state index in [2.05, 4.69) is 0 Å². The Kier molecular flexibility index (Phi) is 5.80. The summed E-state index contributed by atoms with van der Waals surface area (Å²) in [4.78, 5) is 24.6. The number of esters is 2. The Morgan fingerprint density at radius 2 is 1.11 bits per heavy atom. The highest BCUT2D eigenvalue weighted by Gasteiger charge is 2.21. The summed E-state index contributed by atoms with van der Waals surface area (Å²) in [5, 5.41) is 0. The van der Waals surface area contributed by atoms with Crippen molar-refractivity contribution in [2.75, 3.05) is 20.1 Å². The van der Waals surface area contributed by atoms with E-state index < -0.39 is 11.2 Å². The summed E-state index contributed by atoms with van der Waals surface area (Å²) in [6, 6.07) is 0. The quantitative estimate of drug-likeness (QED) is 0.718. The van der Waals surface area contributed by atoms with Crippen molar-refractivity contribution in [3.05, 3.63) is 0 Å². The van der Waals surface area contributed by atoms with E-state index in [1.807, 2.05) is 0 Å². The predicted molar refractivity (Wildman–Crippen MR) is 69.2 cm³/mol. The first-order valence-corrected chi connectivity index (χ1v) is 6.01. The first kappa shape index (κ1) is 16.9. The van der Waals surface area contributed by atoms with Crippen LogP contribution in [0, 0.1) is 0 Å². The third-order valence-corrected chi connectivity index (χ3v) is 1.64. The Balaban J connectivity index is 4.08. The average molecular weight is 259 g/mol. The van der Waals surface area contributed by atoms with Gasteiger partial charge in [0.1, 0.15) is 11.2 Å². The van der Waals surface area contributed by atoms with Crippen LogP contribution in [0.3, 0.4) is 0 Å².